The number of fused-ring (bicyclic) bond motifs is 5. The number of aliphatic hydroxyl groups excluding tert-OH is 2. The van der Waals surface area contributed by atoms with E-state index < -0.39 is 0 Å². The van der Waals surface area contributed by atoms with Crippen molar-refractivity contribution in [1.29, 1.82) is 0 Å². The van der Waals surface area contributed by atoms with Gasteiger partial charge in [-0.15, -0.1) is 0 Å². The summed E-state index contributed by atoms with van der Waals surface area (Å²) in [5.74, 6) is 2.92. The maximum Gasteiger partial charge on any atom is 0.0577 e. The van der Waals surface area contributed by atoms with Crippen molar-refractivity contribution < 1.29 is 10.2 Å². The molecular formula is C26H44O2. The van der Waals surface area contributed by atoms with Gasteiger partial charge in [-0.25, -0.2) is 0 Å². The van der Waals surface area contributed by atoms with Gasteiger partial charge in [-0.3, -0.25) is 0 Å². The SMILES string of the molecule is CCCCCCC(O)C1CCC2C3CC=C4CC(O)CCC4(C)C3CCC12C. The Morgan fingerprint density at radius 3 is 2.64 bits per heavy atom. The molecule has 0 spiro atoms. The average Bonchev–Trinajstić information content (AvgIpc) is 3.03. The highest BCUT2D eigenvalue weighted by Crippen LogP contribution is 2.66. The Kier molecular flexibility index (Phi) is 6.02. The molecule has 0 saturated heterocycles. The van der Waals surface area contributed by atoms with Crippen LogP contribution in [-0.2, 0) is 0 Å². The second kappa shape index (κ2) is 8.06. The van der Waals surface area contributed by atoms with Gasteiger partial charge in [0.15, 0.2) is 0 Å². The van der Waals surface area contributed by atoms with Gasteiger partial charge < -0.3 is 10.2 Å². The maximum atomic E-state index is 11.1. The fourth-order valence-electron chi connectivity index (χ4n) is 8.30. The van der Waals surface area contributed by atoms with Crippen LogP contribution in [0.25, 0.3) is 0 Å². The molecular weight excluding hydrogens is 344 g/mol. The number of hydrogen-bond acceptors (Lipinski definition) is 2. The summed E-state index contributed by atoms with van der Waals surface area (Å²) in [5.41, 5.74) is 2.25. The first-order valence-electron chi connectivity index (χ1n) is 12.5. The lowest BCUT2D eigenvalue weighted by Crippen LogP contribution is -2.51. The lowest BCUT2D eigenvalue weighted by atomic mass is 9.47. The molecule has 0 heterocycles. The average molecular weight is 389 g/mol. The Morgan fingerprint density at radius 2 is 1.86 bits per heavy atom. The van der Waals surface area contributed by atoms with E-state index in [1.54, 1.807) is 5.57 Å². The first-order chi connectivity index (χ1) is 13.4. The highest BCUT2D eigenvalue weighted by Gasteiger charge is 2.59. The van der Waals surface area contributed by atoms with Crippen LogP contribution in [0.4, 0.5) is 0 Å². The highest BCUT2D eigenvalue weighted by atomic mass is 16.3. The van der Waals surface area contributed by atoms with Gasteiger partial charge in [0, 0.05) is 0 Å². The van der Waals surface area contributed by atoms with Gasteiger partial charge in [0.1, 0.15) is 0 Å². The summed E-state index contributed by atoms with van der Waals surface area (Å²) >= 11 is 0. The molecule has 2 heteroatoms. The van der Waals surface area contributed by atoms with Crippen LogP contribution >= 0.6 is 0 Å². The Labute approximate surface area is 173 Å². The largest absolute Gasteiger partial charge is 0.393 e. The van der Waals surface area contributed by atoms with Crippen molar-refractivity contribution in [3.05, 3.63) is 11.6 Å². The predicted molar refractivity (Wildman–Crippen MR) is 116 cm³/mol. The number of allylic oxidation sites excluding steroid dienone is 1. The summed E-state index contributed by atoms with van der Waals surface area (Å²) < 4.78 is 0. The third-order valence-corrected chi connectivity index (χ3v) is 9.97. The molecule has 3 fully saturated rings. The number of unbranched alkanes of at least 4 members (excludes halogenated alkanes) is 3. The molecule has 3 saturated carbocycles. The van der Waals surface area contributed by atoms with E-state index in [1.165, 1.54) is 64.2 Å². The molecule has 28 heavy (non-hydrogen) atoms. The van der Waals surface area contributed by atoms with Crippen LogP contribution in [0.15, 0.2) is 11.6 Å². The molecule has 0 amide bonds. The van der Waals surface area contributed by atoms with Gasteiger partial charge in [-0.1, -0.05) is 58.1 Å². The molecule has 0 aliphatic heterocycles. The van der Waals surface area contributed by atoms with Gasteiger partial charge >= 0.3 is 0 Å². The van der Waals surface area contributed by atoms with Crippen LogP contribution in [0.5, 0.6) is 0 Å². The van der Waals surface area contributed by atoms with Gasteiger partial charge in [-0.2, -0.15) is 0 Å². The summed E-state index contributed by atoms with van der Waals surface area (Å²) in [7, 11) is 0. The topological polar surface area (TPSA) is 40.5 Å². The van der Waals surface area contributed by atoms with E-state index in [0.717, 1.165) is 37.0 Å². The zero-order valence-electron chi connectivity index (χ0n) is 18.6. The molecule has 4 aliphatic carbocycles. The van der Waals surface area contributed by atoms with E-state index in [9.17, 15) is 10.2 Å². The third-order valence-electron chi connectivity index (χ3n) is 9.97. The van der Waals surface area contributed by atoms with Crippen LogP contribution in [0.1, 0.15) is 104 Å². The normalized spacial score (nSPS) is 46.3. The molecule has 4 aliphatic rings. The van der Waals surface area contributed by atoms with Crippen molar-refractivity contribution >= 4 is 0 Å². The van der Waals surface area contributed by atoms with E-state index in [-0.39, 0.29) is 12.2 Å². The van der Waals surface area contributed by atoms with Crippen molar-refractivity contribution in [2.75, 3.05) is 0 Å². The van der Waals surface area contributed by atoms with Crippen molar-refractivity contribution in [2.45, 2.75) is 116 Å². The van der Waals surface area contributed by atoms with Crippen LogP contribution in [0.2, 0.25) is 0 Å². The molecule has 4 rings (SSSR count). The van der Waals surface area contributed by atoms with Crippen LogP contribution < -0.4 is 0 Å². The summed E-state index contributed by atoms with van der Waals surface area (Å²) in [5, 5.41) is 21.3. The van der Waals surface area contributed by atoms with E-state index in [2.05, 4.69) is 26.8 Å². The fraction of sp³-hybridized carbons (Fsp3) is 0.923. The minimum Gasteiger partial charge on any atom is -0.393 e. The zero-order chi connectivity index (χ0) is 19.9. The van der Waals surface area contributed by atoms with Gasteiger partial charge in [0.25, 0.3) is 0 Å². The highest BCUT2D eigenvalue weighted by molar-refractivity contribution is 5.25. The number of hydrogen-bond donors (Lipinski definition) is 2. The van der Waals surface area contributed by atoms with Crippen LogP contribution in [0, 0.1) is 34.5 Å². The molecule has 0 aromatic rings. The summed E-state index contributed by atoms with van der Waals surface area (Å²) in [6, 6.07) is 0. The number of rotatable bonds is 6. The maximum absolute atomic E-state index is 11.1. The van der Waals surface area contributed by atoms with Crippen LogP contribution in [0.3, 0.4) is 0 Å². The standard InChI is InChI=1S/C26H44O2/c1-4-5-6-7-8-24(28)23-12-11-21-20-10-9-18-17-19(27)13-15-25(18,2)22(20)14-16-26(21,23)3/h9,19-24,27-28H,4-8,10-17H2,1-3H3. The molecule has 2 N–H and O–H groups in total. The minimum atomic E-state index is -0.108. The predicted octanol–water partition coefficient (Wildman–Crippen LogP) is 6.26. The first kappa shape index (κ1) is 20.9. The molecule has 0 bridgehead atoms. The molecule has 8 atom stereocenters. The molecule has 2 nitrogen and oxygen atoms in total. The smallest absolute Gasteiger partial charge is 0.0577 e. The summed E-state index contributed by atoms with van der Waals surface area (Å²) in [4.78, 5) is 0. The lowest BCUT2D eigenvalue weighted by Gasteiger charge is -2.58. The van der Waals surface area contributed by atoms with E-state index in [1.807, 2.05) is 0 Å². The Bertz CT molecular complexity index is 583. The van der Waals surface area contributed by atoms with E-state index in [4.69, 9.17) is 0 Å². The van der Waals surface area contributed by atoms with Crippen molar-refractivity contribution in [3.8, 4) is 0 Å². The monoisotopic (exact) mass is 388 g/mol. The quantitative estimate of drug-likeness (QED) is 0.416. The minimum absolute atomic E-state index is 0.0847. The number of aliphatic hydroxyl groups is 2. The fourth-order valence-corrected chi connectivity index (χ4v) is 8.30. The zero-order valence-corrected chi connectivity index (χ0v) is 18.6. The summed E-state index contributed by atoms with van der Waals surface area (Å²) in [6.07, 6.45) is 17.9. The summed E-state index contributed by atoms with van der Waals surface area (Å²) in [6.45, 7) is 7.31. The van der Waals surface area contributed by atoms with E-state index >= 15 is 0 Å². The second-order valence-electron chi connectivity index (χ2n) is 11.3. The van der Waals surface area contributed by atoms with Crippen molar-refractivity contribution in [3.63, 3.8) is 0 Å². The lowest BCUT2D eigenvalue weighted by molar-refractivity contribution is -0.0716. The third kappa shape index (κ3) is 3.41. The second-order valence-corrected chi connectivity index (χ2v) is 11.3. The molecule has 0 radical (unpaired) electrons. The Hall–Kier alpha value is -0.340. The molecule has 0 aromatic heterocycles. The van der Waals surface area contributed by atoms with Crippen molar-refractivity contribution in [1.82, 2.24) is 0 Å². The molecule has 160 valence electrons. The van der Waals surface area contributed by atoms with Gasteiger partial charge in [0.2, 0.25) is 0 Å². The van der Waals surface area contributed by atoms with Crippen LogP contribution in [-0.4, -0.2) is 22.4 Å². The van der Waals surface area contributed by atoms with E-state index in [0.29, 0.717) is 16.7 Å². The molecule has 8 unspecified atom stereocenters. The van der Waals surface area contributed by atoms with Crippen molar-refractivity contribution in [2.24, 2.45) is 34.5 Å². The Balaban J connectivity index is 1.47. The van der Waals surface area contributed by atoms with Gasteiger partial charge in [-0.05, 0) is 92.3 Å². The Morgan fingerprint density at radius 1 is 1.04 bits per heavy atom. The first-order valence-corrected chi connectivity index (χ1v) is 12.5. The van der Waals surface area contributed by atoms with Gasteiger partial charge in [0.05, 0.1) is 12.2 Å². The molecule has 0 aromatic carbocycles.